The fraction of sp³-hybridized carbons (Fsp3) is 0.300. The minimum atomic E-state index is -0.470. The van der Waals surface area contributed by atoms with E-state index in [1.54, 1.807) is 36.4 Å². The van der Waals surface area contributed by atoms with Gasteiger partial charge < -0.3 is 4.74 Å². The Hall–Kier alpha value is -3.26. The van der Waals surface area contributed by atoms with Crippen LogP contribution in [0.2, 0.25) is 0 Å². The zero-order valence-electron chi connectivity index (χ0n) is 15.1. The van der Waals surface area contributed by atoms with E-state index < -0.39 is 10.6 Å². The first-order valence-corrected chi connectivity index (χ1v) is 9.12. The molecule has 4 rings (SSSR count). The van der Waals surface area contributed by atoms with E-state index in [9.17, 15) is 19.7 Å². The molecule has 0 spiro atoms. The first-order valence-electron chi connectivity index (χ1n) is 9.12. The average molecular weight is 381 g/mol. The van der Waals surface area contributed by atoms with Gasteiger partial charge in [0.15, 0.2) is 0 Å². The van der Waals surface area contributed by atoms with Gasteiger partial charge in [-0.05, 0) is 30.5 Å². The Morgan fingerprint density at radius 2 is 1.93 bits per heavy atom. The summed E-state index contributed by atoms with van der Waals surface area (Å²) in [5.74, 6) is 0. The Labute approximate surface area is 159 Å². The number of aromatic nitrogens is 2. The van der Waals surface area contributed by atoms with Crippen LogP contribution in [-0.2, 0) is 17.8 Å². The van der Waals surface area contributed by atoms with Crippen LogP contribution in [-0.4, -0.2) is 26.8 Å². The molecule has 2 aromatic carbocycles. The number of hydrogen-bond donors (Lipinski definition) is 0. The number of fused-ring (bicyclic) bond motifs is 1. The second kappa shape index (κ2) is 7.40. The molecule has 8 nitrogen and oxygen atoms in total. The lowest BCUT2D eigenvalue weighted by Crippen LogP contribution is -2.42. The van der Waals surface area contributed by atoms with E-state index in [1.165, 1.54) is 21.3 Å². The smallest absolute Gasteiger partial charge is 0.331 e. The normalized spacial score (nSPS) is 16.5. The third kappa shape index (κ3) is 3.34. The van der Waals surface area contributed by atoms with Gasteiger partial charge in [0.05, 0.1) is 35.0 Å². The highest BCUT2D eigenvalue weighted by atomic mass is 16.6. The van der Waals surface area contributed by atoms with Gasteiger partial charge in [-0.25, -0.2) is 4.79 Å². The molecule has 8 heteroatoms. The first kappa shape index (κ1) is 18.1. The number of hydrogen-bond acceptors (Lipinski definition) is 5. The molecule has 1 saturated heterocycles. The average Bonchev–Trinajstić information content (AvgIpc) is 3.22. The summed E-state index contributed by atoms with van der Waals surface area (Å²) in [5.41, 5.74) is 0.302. The molecule has 1 unspecified atom stereocenters. The number of rotatable bonds is 5. The van der Waals surface area contributed by atoms with Crippen LogP contribution in [0.3, 0.4) is 0 Å². The molecule has 1 aromatic heterocycles. The van der Waals surface area contributed by atoms with E-state index in [-0.39, 0.29) is 30.4 Å². The van der Waals surface area contributed by atoms with E-state index >= 15 is 0 Å². The summed E-state index contributed by atoms with van der Waals surface area (Å²) >= 11 is 0. The quantitative estimate of drug-likeness (QED) is 0.499. The van der Waals surface area contributed by atoms with Gasteiger partial charge in [0.2, 0.25) is 0 Å². The summed E-state index contributed by atoms with van der Waals surface area (Å²) in [7, 11) is 0. The third-order valence-electron chi connectivity index (χ3n) is 5.00. The summed E-state index contributed by atoms with van der Waals surface area (Å²) in [5, 5.41) is 11.5. The molecule has 0 radical (unpaired) electrons. The van der Waals surface area contributed by atoms with Crippen molar-refractivity contribution in [2.75, 3.05) is 6.61 Å². The molecular formula is C20H19N3O5. The Bertz CT molecular complexity index is 1160. The van der Waals surface area contributed by atoms with Crippen molar-refractivity contribution in [1.82, 2.24) is 9.13 Å². The lowest BCUT2D eigenvalue weighted by atomic mass is 10.1. The van der Waals surface area contributed by atoms with Gasteiger partial charge in [-0.15, -0.1) is 0 Å². The molecule has 1 aliphatic heterocycles. The topological polar surface area (TPSA) is 96.4 Å². The molecule has 0 aliphatic carbocycles. The summed E-state index contributed by atoms with van der Waals surface area (Å²) in [4.78, 5) is 36.6. The molecule has 2 heterocycles. The van der Waals surface area contributed by atoms with Crippen molar-refractivity contribution in [3.63, 3.8) is 0 Å². The van der Waals surface area contributed by atoms with Crippen LogP contribution in [0, 0.1) is 10.1 Å². The van der Waals surface area contributed by atoms with Gasteiger partial charge in [-0.2, -0.15) is 0 Å². The summed E-state index contributed by atoms with van der Waals surface area (Å²) in [6, 6.07) is 13.1. The highest BCUT2D eigenvalue weighted by Gasteiger charge is 2.20. The van der Waals surface area contributed by atoms with Crippen molar-refractivity contribution >= 4 is 16.6 Å². The number of para-hydroxylation sites is 1. The highest BCUT2D eigenvalue weighted by Crippen LogP contribution is 2.17. The maximum Gasteiger partial charge on any atom is 0.331 e. The van der Waals surface area contributed by atoms with E-state index in [4.69, 9.17) is 4.74 Å². The summed E-state index contributed by atoms with van der Waals surface area (Å²) < 4.78 is 8.31. The highest BCUT2D eigenvalue weighted by molar-refractivity contribution is 5.77. The largest absolute Gasteiger partial charge is 0.376 e. The van der Waals surface area contributed by atoms with Gasteiger partial charge in [-0.3, -0.25) is 24.0 Å². The summed E-state index contributed by atoms with van der Waals surface area (Å²) in [6.45, 7) is 0.971. The van der Waals surface area contributed by atoms with Crippen LogP contribution in [0.1, 0.15) is 18.4 Å². The third-order valence-corrected chi connectivity index (χ3v) is 5.00. The van der Waals surface area contributed by atoms with Crippen molar-refractivity contribution in [2.24, 2.45) is 0 Å². The van der Waals surface area contributed by atoms with Crippen molar-refractivity contribution < 1.29 is 9.66 Å². The number of ether oxygens (including phenoxy) is 1. The van der Waals surface area contributed by atoms with Crippen LogP contribution in [0.15, 0.2) is 58.1 Å². The van der Waals surface area contributed by atoms with Crippen LogP contribution in [0.25, 0.3) is 10.9 Å². The molecule has 28 heavy (non-hydrogen) atoms. The molecule has 0 N–H and O–H groups in total. The fourth-order valence-corrected chi connectivity index (χ4v) is 3.63. The molecule has 0 bridgehead atoms. The standard InChI is InChI=1S/C20H19N3O5/c24-19-17-8-1-2-9-18(17)21(12-14-5-3-6-15(11-14)23(26)27)20(25)22(19)13-16-7-4-10-28-16/h1-3,5-6,8-9,11,16H,4,7,10,12-13H2. The predicted molar refractivity (Wildman–Crippen MR) is 104 cm³/mol. The molecule has 0 amide bonds. The number of benzene rings is 2. The van der Waals surface area contributed by atoms with Gasteiger partial charge in [0.25, 0.3) is 11.2 Å². The molecule has 1 fully saturated rings. The Morgan fingerprint density at radius 1 is 1.11 bits per heavy atom. The minimum Gasteiger partial charge on any atom is -0.376 e. The lowest BCUT2D eigenvalue weighted by molar-refractivity contribution is -0.384. The zero-order valence-corrected chi connectivity index (χ0v) is 15.1. The van der Waals surface area contributed by atoms with E-state index in [1.807, 2.05) is 0 Å². The van der Waals surface area contributed by atoms with Gasteiger partial charge in [0.1, 0.15) is 0 Å². The zero-order chi connectivity index (χ0) is 19.7. The molecule has 1 aliphatic rings. The maximum atomic E-state index is 13.2. The van der Waals surface area contributed by atoms with Gasteiger partial charge in [-0.1, -0.05) is 24.3 Å². The van der Waals surface area contributed by atoms with Crippen molar-refractivity contribution in [3.05, 3.63) is 85.0 Å². The van der Waals surface area contributed by atoms with Gasteiger partial charge >= 0.3 is 5.69 Å². The van der Waals surface area contributed by atoms with Crippen LogP contribution >= 0.6 is 0 Å². The van der Waals surface area contributed by atoms with Crippen molar-refractivity contribution in [2.45, 2.75) is 32.0 Å². The Kier molecular flexibility index (Phi) is 4.79. The molecular weight excluding hydrogens is 362 g/mol. The second-order valence-electron chi connectivity index (χ2n) is 6.86. The van der Waals surface area contributed by atoms with Crippen molar-refractivity contribution in [3.8, 4) is 0 Å². The first-order chi connectivity index (χ1) is 13.5. The maximum absolute atomic E-state index is 13.2. The lowest BCUT2D eigenvalue weighted by Gasteiger charge is -2.16. The van der Waals surface area contributed by atoms with Gasteiger partial charge in [0, 0.05) is 18.7 Å². The SMILES string of the molecule is O=c1c2ccccc2n(Cc2cccc([N+](=O)[O-])c2)c(=O)n1CC1CCCO1. The summed E-state index contributed by atoms with van der Waals surface area (Å²) in [6.07, 6.45) is 1.57. The van der Waals surface area contributed by atoms with Crippen LogP contribution < -0.4 is 11.2 Å². The molecule has 144 valence electrons. The second-order valence-corrected chi connectivity index (χ2v) is 6.86. The number of nitrogens with zero attached hydrogens (tertiary/aromatic N) is 3. The monoisotopic (exact) mass is 381 g/mol. The Balaban J connectivity index is 1.84. The van der Waals surface area contributed by atoms with Crippen LogP contribution in [0.5, 0.6) is 0 Å². The molecule has 3 aromatic rings. The van der Waals surface area contributed by atoms with E-state index in [2.05, 4.69) is 0 Å². The number of non-ortho nitro benzene ring substituents is 1. The number of nitro benzene ring substituents is 1. The molecule has 0 saturated carbocycles. The van der Waals surface area contributed by atoms with Crippen LogP contribution in [0.4, 0.5) is 5.69 Å². The molecule has 1 atom stereocenters. The fourth-order valence-electron chi connectivity index (χ4n) is 3.63. The number of nitro groups is 1. The Morgan fingerprint density at radius 3 is 2.68 bits per heavy atom. The predicted octanol–water partition coefficient (Wildman–Crippen LogP) is 2.30. The van der Waals surface area contributed by atoms with Crippen molar-refractivity contribution in [1.29, 1.82) is 0 Å². The van der Waals surface area contributed by atoms with E-state index in [0.717, 1.165) is 12.8 Å². The van der Waals surface area contributed by atoms with E-state index in [0.29, 0.717) is 23.1 Å². The minimum absolute atomic E-state index is 0.0393.